The predicted octanol–water partition coefficient (Wildman–Crippen LogP) is 0.319. The Labute approximate surface area is 60.0 Å². The van der Waals surface area contributed by atoms with Crippen LogP contribution < -0.4 is 0 Å². The molecule has 0 amide bonds. The molecule has 0 unspecified atom stereocenters. The Morgan fingerprint density at radius 3 is 2.50 bits per heavy atom. The fraction of sp³-hybridized carbons (Fsp3) is 0.857. The topological polar surface area (TPSA) is 46.5 Å². The van der Waals surface area contributed by atoms with Crippen LogP contribution in [0.1, 0.15) is 20.3 Å². The lowest BCUT2D eigenvalue weighted by molar-refractivity contribution is -0.146. The van der Waals surface area contributed by atoms with Gasteiger partial charge in [0.05, 0.1) is 0 Å². The highest BCUT2D eigenvalue weighted by molar-refractivity contribution is 5.77. The number of esters is 1. The van der Waals surface area contributed by atoms with Gasteiger partial charge in [-0.1, -0.05) is 6.92 Å². The molecule has 58 valence electrons. The van der Waals surface area contributed by atoms with Gasteiger partial charge in [-0.25, -0.2) is 4.79 Å². The van der Waals surface area contributed by atoms with Crippen LogP contribution in [0.4, 0.5) is 0 Å². The Hall–Kier alpha value is -0.570. The van der Waals surface area contributed by atoms with E-state index in [4.69, 9.17) is 9.84 Å². The van der Waals surface area contributed by atoms with Crippen LogP contribution >= 0.6 is 0 Å². The molecule has 0 aromatic rings. The Morgan fingerprint density at radius 1 is 1.70 bits per heavy atom. The molecule has 10 heavy (non-hydrogen) atoms. The zero-order chi connectivity index (χ0) is 7.72. The van der Waals surface area contributed by atoms with Crippen molar-refractivity contribution in [2.75, 3.05) is 0 Å². The number of hydrogen-bond acceptors (Lipinski definition) is 3. The largest absolute Gasteiger partial charge is 0.460 e. The van der Waals surface area contributed by atoms with E-state index in [0.29, 0.717) is 0 Å². The van der Waals surface area contributed by atoms with Gasteiger partial charge in [0.25, 0.3) is 0 Å². The zero-order valence-electron chi connectivity index (χ0n) is 6.20. The number of rotatable bonds is 1. The van der Waals surface area contributed by atoms with Crippen molar-refractivity contribution in [2.24, 2.45) is 5.92 Å². The molecule has 0 saturated carbocycles. The summed E-state index contributed by atoms with van der Waals surface area (Å²) < 4.78 is 4.79. The highest BCUT2D eigenvalue weighted by Crippen LogP contribution is 2.24. The van der Waals surface area contributed by atoms with Gasteiger partial charge in [0.15, 0.2) is 6.10 Å². The Morgan fingerprint density at radius 2 is 2.30 bits per heavy atom. The molecule has 1 N–H and O–H groups in total. The molecule has 1 aliphatic rings. The number of aliphatic hydroxyl groups excluding tert-OH is 1. The number of hydrogen-bond donors (Lipinski definition) is 1. The van der Waals surface area contributed by atoms with E-state index in [0.717, 1.165) is 6.42 Å². The van der Waals surface area contributed by atoms with Crippen molar-refractivity contribution in [2.45, 2.75) is 32.5 Å². The van der Waals surface area contributed by atoms with Gasteiger partial charge in [-0.2, -0.15) is 0 Å². The first kappa shape index (κ1) is 7.54. The van der Waals surface area contributed by atoms with Crippen molar-refractivity contribution in [3.63, 3.8) is 0 Å². The van der Waals surface area contributed by atoms with Crippen molar-refractivity contribution >= 4 is 5.97 Å². The summed E-state index contributed by atoms with van der Waals surface area (Å²) in [7, 11) is 0. The molecule has 1 aliphatic heterocycles. The summed E-state index contributed by atoms with van der Waals surface area (Å²) in [4.78, 5) is 10.7. The second-order valence-electron chi connectivity index (χ2n) is 2.66. The quantitative estimate of drug-likeness (QED) is 0.539. The van der Waals surface area contributed by atoms with Crippen LogP contribution in [0.3, 0.4) is 0 Å². The molecule has 0 spiro atoms. The Balaban J connectivity index is 2.64. The normalized spacial score (nSPS) is 39.9. The summed E-state index contributed by atoms with van der Waals surface area (Å²) in [5, 5.41) is 9.15. The summed E-state index contributed by atoms with van der Waals surface area (Å²) in [6.45, 7) is 3.74. The molecular weight excluding hydrogens is 132 g/mol. The molecule has 0 aromatic carbocycles. The molecule has 1 fully saturated rings. The molecule has 1 rings (SSSR count). The average molecular weight is 144 g/mol. The molecule has 0 aliphatic carbocycles. The van der Waals surface area contributed by atoms with Crippen molar-refractivity contribution in [1.29, 1.82) is 0 Å². The van der Waals surface area contributed by atoms with E-state index >= 15 is 0 Å². The van der Waals surface area contributed by atoms with Crippen LogP contribution in [-0.4, -0.2) is 23.3 Å². The van der Waals surface area contributed by atoms with Gasteiger partial charge in [0.2, 0.25) is 0 Å². The maximum atomic E-state index is 10.7. The second kappa shape index (κ2) is 2.58. The van der Waals surface area contributed by atoms with E-state index in [1.54, 1.807) is 0 Å². The summed E-state index contributed by atoms with van der Waals surface area (Å²) in [6, 6.07) is 0. The van der Waals surface area contributed by atoms with Crippen LogP contribution in [0.15, 0.2) is 0 Å². The molecule has 3 nitrogen and oxygen atoms in total. The summed E-state index contributed by atoms with van der Waals surface area (Å²) >= 11 is 0. The second-order valence-corrected chi connectivity index (χ2v) is 2.66. The number of ether oxygens (including phenoxy) is 1. The van der Waals surface area contributed by atoms with E-state index in [9.17, 15) is 4.79 Å². The van der Waals surface area contributed by atoms with E-state index in [1.165, 1.54) is 0 Å². The molecule has 0 radical (unpaired) electrons. The standard InChI is InChI=1S/C7H12O3/c1-3-5-4(2)10-7(9)6(5)8/h4-6,8H,3H2,1-2H3/t4-,5-,6+/m0/s1. The lowest BCUT2D eigenvalue weighted by Crippen LogP contribution is -2.23. The molecular formula is C7H12O3. The highest BCUT2D eigenvalue weighted by Gasteiger charge is 2.39. The number of carbonyl (C=O) groups excluding carboxylic acids is 1. The fourth-order valence-electron chi connectivity index (χ4n) is 1.33. The first-order chi connectivity index (χ1) is 4.66. The van der Waals surface area contributed by atoms with E-state index in [2.05, 4.69) is 0 Å². The van der Waals surface area contributed by atoms with Gasteiger partial charge >= 0.3 is 5.97 Å². The van der Waals surface area contributed by atoms with Gasteiger partial charge in [0.1, 0.15) is 6.10 Å². The maximum Gasteiger partial charge on any atom is 0.335 e. The van der Waals surface area contributed by atoms with Crippen molar-refractivity contribution in [1.82, 2.24) is 0 Å². The van der Waals surface area contributed by atoms with Crippen LogP contribution in [0.5, 0.6) is 0 Å². The minimum absolute atomic E-state index is 0.00694. The summed E-state index contributed by atoms with van der Waals surface area (Å²) in [5.74, 6) is -0.480. The first-order valence-corrected chi connectivity index (χ1v) is 3.55. The van der Waals surface area contributed by atoms with E-state index < -0.39 is 12.1 Å². The molecule has 1 heterocycles. The predicted molar refractivity (Wildman–Crippen MR) is 35.3 cm³/mol. The highest BCUT2D eigenvalue weighted by atomic mass is 16.6. The third kappa shape index (κ3) is 1.01. The van der Waals surface area contributed by atoms with E-state index in [-0.39, 0.29) is 12.0 Å². The minimum atomic E-state index is -0.889. The lowest BCUT2D eigenvalue weighted by atomic mass is 9.97. The van der Waals surface area contributed by atoms with Gasteiger partial charge in [-0.05, 0) is 13.3 Å². The monoisotopic (exact) mass is 144 g/mol. The van der Waals surface area contributed by atoms with Crippen LogP contribution in [0.2, 0.25) is 0 Å². The van der Waals surface area contributed by atoms with Crippen molar-refractivity contribution in [3.8, 4) is 0 Å². The van der Waals surface area contributed by atoms with Crippen LogP contribution in [-0.2, 0) is 9.53 Å². The van der Waals surface area contributed by atoms with Gasteiger partial charge < -0.3 is 9.84 Å². The first-order valence-electron chi connectivity index (χ1n) is 3.55. The SMILES string of the molecule is CC[C@H]1[C@H](C)OC(=O)[C@@H]1O. The summed E-state index contributed by atoms with van der Waals surface area (Å²) in [5.41, 5.74) is 0. The van der Waals surface area contributed by atoms with Crippen molar-refractivity contribution < 1.29 is 14.6 Å². The third-order valence-corrected chi connectivity index (χ3v) is 2.02. The Kier molecular flexibility index (Phi) is 1.94. The van der Waals surface area contributed by atoms with Gasteiger partial charge in [0, 0.05) is 5.92 Å². The smallest absolute Gasteiger partial charge is 0.335 e. The number of cyclic esters (lactones) is 1. The Bertz CT molecular complexity index is 144. The van der Waals surface area contributed by atoms with Gasteiger partial charge in [-0.3, -0.25) is 0 Å². The molecule has 1 saturated heterocycles. The van der Waals surface area contributed by atoms with Crippen molar-refractivity contribution in [3.05, 3.63) is 0 Å². The summed E-state index contributed by atoms with van der Waals surface area (Å²) in [6.07, 6.45) is -0.221. The zero-order valence-corrected chi connectivity index (χ0v) is 6.20. The molecule has 3 atom stereocenters. The maximum absolute atomic E-state index is 10.7. The van der Waals surface area contributed by atoms with E-state index in [1.807, 2.05) is 13.8 Å². The van der Waals surface area contributed by atoms with Gasteiger partial charge in [-0.15, -0.1) is 0 Å². The lowest BCUT2D eigenvalue weighted by Gasteiger charge is -2.10. The molecule has 3 heteroatoms. The van der Waals surface area contributed by atoms with Crippen LogP contribution in [0, 0.1) is 5.92 Å². The minimum Gasteiger partial charge on any atom is -0.460 e. The molecule has 0 aromatic heterocycles. The number of aliphatic hydroxyl groups is 1. The third-order valence-electron chi connectivity index (χ3n) is 2.02. The number of carbonyl (C=O) groups is 1. The average Bonchev–Trinajstić information content (AvgIpc) is 2.09. The van der Waals surface area contributed by atoms with Crippen LogP contribution in [0.25, 0.3) is 0 Å². The fourth-order valence-corrected chi connectivity index (χ4v) is 1.33. The molecule has 0 bridgehead atoms.